The number of aryl methyl sites for hydroxylation is 2. The molecular formula is C12H16N2O. The predicted octanol–water partition coefficient (Wildman–Crippen LogP) is 1.67. The molecule has 80 valence electrons. The topological polar surface area (TPSA) is 38.1 Å². The smallest absolute Gasteiger partial charge is 0.109 e. The number of aliphatic hydroxyl groups excluding tert-OH is 1. The SMILES string of the molecule is CCc1nc2ccc(CCO)cc2n1C. The molecular weight excluding hydrogens is 188 g/mol. The molecule has 0 saturated carbocycles. The van der Waals surface area contributed by atoms with E-state index in [-0.39, 0.29) is 6.61 Å². The standard InChI is InChI=1S/C12H16N2O/c1-3-12-13-10-5-4-9(6-7-15)8-11(10)14(12)2/h4-5,8,15H,3,6-7H2,1-2H3. The highest BCUT2D eigenvalue weighted by molar-refractivity contribution is 5.76. The zero-order chi connectivity index (χ0) is 10.8. The first kappa shape index (κ1) is 10.2. The van der Waals surface area contributed by atoms with Gasteiger partial charge >= 0.3 is 0 Å². The lowest BCUT2D eigenvalue weighted by atomic mass is 10.1. The van der Waals surface area contributed by atoms with Crippen molar-refractivity contribution < 1.29 is 5.11 Å². The van der Waals surface area contributed by atoms with Gasteiger partial charge in [-0.05, 0) is 24.1 Å². The van der Waals surface area contributed by atoms with Crippen LogP contribution in [0.2, 0.25) is 0 Å². The largest absolute Gasteiger partial charge is 0.396 e. The summed E-state index contributed by atoms with van der Waals surface area (Å²) < 4.78 is 2.12. The molecule has 2 rings (SSSR count). The summed E-state index contributed by atoms with van der Waals surface area (Å²) >= 11 is 0. The summed E-state index contributed by atoms with van der Waals surface area (Å²) in [7, 11) is 2.04. The van der Waals surface area contributed by atoms with Gasteiger partial charge in [0.1, 0.15) is 5.82 Å². The predicted molar refractivity (Wildman–Crippen MR) is 60.9 cm³/mol. The van der Waals surface area contributed by atoms with Crippen LogP contribution in [0.15, 0.2) is 18.2 Å². The molecule has 0 fully saturated rings. The van der Waals surface area contributed by atoms with Gasteiger partial charge in [-0.3, -0.25) is 0 Å². The van der Waals surface area contributed by atoms with Gasteiger partial charge in [-0.15, -0.1) is 0 Å². The highest BCUT2D eigenvalue weighted by atomic mass is 16.2. The number of hydrogen-bond donors (Lipinski definition) is 1. The first-order valence-corrected chi connectivity index (χ1v) is 5.31. The summed E-state index contributed by atoms with van der Waals surface area (Å²) in [5.41, 5.74) is 3.35. The fourth-order valence-corrected chi connectivity index (χ4v) is 1.89. The summed E-state index contributed by atoms with van der Waals surface area (Å²) in [6.07, 6.45) is 1.66. The first-order chi connectivity index (χ1) is 7.26. The van der Waals surface area contributed by atoms with Crippen molar-refractivity contribution in [2.75, 3.05) is 6.61 Å². The molecule has 1 heterocycles. The summed E-state index contributed by atoms with van der Waals surface area (Å²) in [6, 6.07) is 6.17. The second kappa shape index (κ2) is 4.03. The average Bonchev–Trinajstić information content (AvgIpc) is 2.56. The van der Waals surface area contributed by atoms with Crippen LogP contribution in [-0.2, 0) is 19.9 Å². The number of aliphatic hydroxyl groups is 1. The Morgan fingerprint density at radius 1 is 1.40 bits per heavy atom. The van der Waals surface area contributed by atoms with Crippen LogP contribution in [-0.4, -0.2) is 21.3 Å². The highest BCUT2D eigenvalue weighted by Gasteiger charge is 2.06. The van der Waals surface area contributed by atoms with E-state index in [0.717, 1.165) is 28.8 Å². The molecule has 2 aromatic rings. The molecule has 3 heteroatoms. The molecule has 0 bridgehead atoms. The molecule has 0 aliphatic heterocycles. The maximum Gasteiger partial charge on any atom is 0.109 e. The third kappa shape index (κ3) is 1.75. The first-order valence-electron chi connectivity index (χ1n) is 5.31. The van der Waals surface area contributed by atoms with Crippen LogP contribution in [0.4, 0.5) is 0 Å². The molecule has 0 aliphatic rings. The minimum absolute atomic E-state index is 0.198. The minimum atomic E-state index is 0.198. The highest BCUT2D eigenvalue weighted by Crippen LogP contribution is 2.17. The molecule has 1 N–H and O–H groups in total. The van der Waals surface area contributed by atoms with Gasteiger partial charge in [-0.25, -0.2) is 4.98 Å². The number of fused-ring (bicyclic) bond motifs is 1. The van der Waals surface area contributed by atoms with Gasteiger partial charge in [0.15, 0.2) is 0 Å². The van der Waals surface area contributed by atoms with Crippen molar-refractivity contribution >= 4 is 11.0 Å². The van der Waals surface area contributed by atoms with E-state index in [0.29, 0.717) is 6.42 Å². The normalized spacial score (nSPS) is 11.1. The Hall–Kier alpha value is -1.35. The number of imidazole rings is 1. The van der Waals surface area contributed by atoms with Crippen LogP contribution in [0.5, 0.6) is 0 Å². The minimum Gasteiger partial charge on any atom is -0.396 e. The van der Waals surface area contributed by atoms with Crippen molar-refractivity contribution in [3.63, 3.8) is 0 Å². The van der Waals surface area contributed by atoms with Gasteiger partial charge < -0.3 is 9.67 Å². The Morgan fingerprint density at radius 3 is 2.87 bits per heavy atom. The zero-order valence-corrected chi connectivity index (χ0v) is 9.20. The van der Waals surface area contributed by atoms with Crippen LogP contribution < -0.4 is 0 Å². The van der Waals surface area contributed by atoms with Gasteiger partial charge in [-0.2, -0.15) is 0 Å². The third-order valence-corrected chi connectivity index (χ3v) is 2.75. The van der Waals surface area contributed by atoms with Crippen molar-refractivity contribution in [1.82, 2.24) is 9.55 Å². The van der Waals surface area contributed by atoms with Crippen molar-refractivity contribution in [3.05, 3.63) is 29.6 Å². The number of hydrogen-bond acceptors (Lipinski definition) is 2. The maximum atomic E-state index is 8.89. The second-order valence-corrected chi connectivity index (χ2v) is 3.74. The van der Waals surface area contributed by atoms with E-state index >= 15 is 0 Å². The fraction of sp³-hybridized carbons (Fsp3) is 0.417. The number of aromatic nitrogens is 2. The van der Waals surface area contributed by atoms with E-state index in [1.165, 1.54) is 0 Å². The molecule has 0 atom stereocenters. The van der Waals surface area contributed by atoms with E-state index in [1.807, 2.05) is 19.2 Å². The lowest BCUT2D eigenvalue weighted by molar-refractivity contribution is 0.299. The van der Waals surface area contributed by atoms with Gasteiger partial charge in [0.05, 0.1) is 11.0 Å². The van der Waals surface area contributed by atoms with Crippen LogP contribution >= 0.6 is 0 Å². The van der Waals surface area contributed by atoms with Crippen LogP contribution in [0, 0.1) is 0 Å². The number of benzene rings is 1. The number of nitrogens with zero attached hydrogens (tertiary/aromatic N) is 2. The average molecular weight is 204 g/mol. The molecule has 0 aliphatic carbocycles. The van der Waals surface area contributed by atoms with E-state index in [9.17, 15) is 0 Å². The monoisotopic (exact) mass is 204 g/mol. The van der Waals surface area contributed by atoms with Gasteiger partial charge in [0.25, 0.3) is 0 Å². The van der Waals surface area contributed by atoms with Gasteiger partial charge in [0.2, 0.25) is 0 Å². The Morgan fingerprint density at radius 2 is 2.20 bits per heavy atom. The van der Waals surface area contributed by atoms with Gasteiger partial charge in [0, 0.05) is 20.1 Å². The van der Waals surface area contributed by atoms with Crippen molar-refractivity contribution in [1.29, 1.82) is 0 Å². The molecule has 15 heavy (non-hydrogen) atoms. The lowest BCUT2D eigenvalue weighted by Crippen LogP contribution is -1.95. The Balaban J connectivity index is 2.54. The summed E-state index contributed by atoms with van der Waals surface area (Å²) in [4.78, 5) is 4.53. The lowest BCUT2D eigenvalue weighted by Gasteiger charge is -2.01. The van der Waals surface area contributed by atoms with Gasteiger partial charge in [-0.1, -0.05) is 13.0 Å². The molecule has 0 radical (unpaired) electrons. The molecule has 0 amide bonds. The Bertz CT molecular complexity index is 474. The number of rotatable bonds is 3. The van der Waals surface area contributed by atoms with E-state index in [2.05, 4.69) is 22.5 Å². The van der Waals surface area contributed by atoms with E-state index in [4.69, 9.17) is 5.11 Å². The Labute approximate surface area is 89.4 Å². The van der Waals surface area contributed by atoms with Crippen molar-refractivity contribution in [3.8, 4) is 0 Å². The second-order valence-electron chi connectivity index (χ2n) is 3.74. The fourth-order valence-electron chi connectivity index (χ4n) is 1.89. The van der Waals surface area contributed by atoms with E-state index < -0.39 is 0 Å². The third-order valence-electron chi connectivity index (χ3n) is 2.75. The summed E-state index contributed by atoms with van der Waals surface area (Å²) in [5, 5.41) is 8.89. The summed E-state index contributed by atoms with van der Waals surface area (Å²) in [6.45, 7) is 2.31. The van der Waals surface area contributed by atoms with Crippen LogP contribution in [0.25, 0.3) is 11.0 Å². The van der Waals surface area contributed by atoms with Crippen molar-refractivity contribution in [2.24, 2.45) is 7.05 Å². The molecule has 0 saturated heterocycles. The maximum absolute atomic E-state index is 8.89. The zero-order valence-electron chi connectivity index (χ0n) is 9.20. The van der Waals surface area contributed by atoms with E-state index in [1.54, 1.807) is 0 Å². The molecule has 1 aromatic heterocycles. The molecule has 3 nitrogen and oxygen atoms in total. The molecule has 1 aromatic carbocycles. The molecule has 0 unspecified atom stereocenters. The van der Waals surface area contributed by atoms with Crippen LogP contribution in [0.1, 0.15) is 18.3 Å². The molecule has 0 spiro atoms. The summed E-state index contributed by atoms with van der Waals surface area (Å²) in [5.74, 6) is 1.10. The quantitative estimate of drug-likeness (QED) is 0.826. The van der Waals surface area contributed by atoms with Crippen molar-refractivity contribution in [2.45, 2.75) is 19.8 Å². The van der Waals surface area contributed by atoms with Crippen LogP contribution in [0.3, 0.4) is 0 Å². The Kier molecular flexibility index (Phi) is 2.73.